The molecular weight excluding hydrogens is 246 g/mol. The molecule has 98 valence electrons. The Kier molecular flexibility index (Phi) is 4.43. The number of nitrogens with one attached hydrogen (secondary N) is 1. The van der Waals surface area contributed by atoms with E-state index in [2.05, 4.69) is 15.5 Å². The minimum atomic E-state index is -3.22. The Morgan fingerprint density at radius 2 is 2.12 bits per heavy atom. The number of aromatic nitrogens is 2. The van der Waals surface area contributed by atoms with Crippen LogP contribution < -0.4 is 11.1 Å². The molecule has 0 saturated heterocycles. The van der Waals surface area contributed by atoms with E-state index in [9.17, 15) is 8.42 Å². The minimum Gasteiger partial charge on any atom is -0.406 e. The Hall–Kier alpha value is -1.19. The van der Waals surface area contributed by atoms with E-state index in [4.69, 9.17) is 10.2 Å². The fourth-order valence-electron chi connectivity index (χ4n) is 0.960. The molecular formula is C8H17N5O3S. The normalized spacial score (nSPS) is 13.9. The van der Waals surface area contributed by atoms with Crippen molar-refractivity contribution in [1.29, 1.82) is 0 Å². The fourth-order valence-corrected chi connectivity index (χ4v) is 1.68. The van der Waals surface area contributed by atoms with Gasteiger partial charge < -0.3 is 15.5 Å². The van der Waals surface area contributed by atoms with E-state index in [0.717, 1.165) is 4.31 Å². The third kappa shape index (κ3) is 3.95. The average Bonchev–Trinajstić information content (AvgIpc) is 2.66. The van der Waals surface area contributed by atoms with Gasteiger partial charge in [-0.05, 0) is 6.92 Å². The van der Waals surface area contributed by atoms with Crippen molar-refractivity contribution in [3.8, 4) is 0 Å². The van der Waals surface area contributed by atoms with E-state index in [-0.39, 0.29) is 24.4 Å². The molecule has 1 atom stereocenters. The van der Waals surface area contributed by atoms with Crippen LogP contribution in [0.25, 0.3) is 0 Å². The van der Waals surface area contributed by atoms with E-state index in [1.807, 2.05) is 0 Å². The van der Waals surface area contributed by atoms with Crippen LogP contribution in [0, 0.1) is 0 Å². The summed E-state index contributed by atoms with van der Waals surface area (Å²) in [6.45, 7) is 1.91. The molecule has 1 aromatic heterocycles. The lowest BCUT2D eigenvalue weighted by Gasteiger charge is -2.10. The molecule has 0 aliphatic rings. The Labute approximate surface area is 100 Å². The second kappa shape index (κ2) is 5.43. The van der Waals surface area contributed by atoms with Crippen LogP contribution in [0.15, 0.2) is 4.42 Å². The van der Waals surface area contributed by atoms with Crippen molar-refractivity contribution in [2.45, 2.75) is 13.0 Å². The molecule has 1 aromatic rings. The quantitative estimate of drug-likeness (QED) is 0.703. The first-order chi connectivity index (χ1) is 7.83. The highest BCUT2D eigenvalue weighted by Crippen LogP contribution is 2.10. The number of hydrogen-bond acceptors (Lipinski definition) is 7. The lowest BCUT2D eigenvalue weighted by molar-refractivity contribution is 0.473. The monoisotopic (exact) mass is 263 g/mol. The summed E-state index contributed by atoms with van der Waals surface area (Å²) in [6.07, 6.45) is 0. The Morgan fingerprint density at radius 1 is 1.47 bits per heavy atom. The predicted molar refractivity (Wildman–Crippen MR) is 62.9 cm³/mol. The highest BCUT2D eigenvalue weighted by atomic mass is 32.2. The number of nitrogens with zero attached hydrogens (tertiary/aromatic N) is 3. The lowest BCUT2D eigenvalue weighted by Crippen LogP contribution is -2.28. The Balaban J connectivity index is 2.46. The highest BCUT2D eigenvalue weighted by Gasteiger charge is 2.14. The number of anilines is 1. The van der Waals surface area contributed by atoms with Crippen LogP contribution in [0.1, 0.15) is 18.9 Å². The second-order valence-electron chi connectivity index (χ2n) is 3.76. The molecule has 8 nitrogen and oxygen atoms in total. The average molecular weight is 263 g/mol. The summed E-state index contributed by atoms with van der Waals surface area (Å²) < 4.78 is 29.2. The van der Waals surface area contributed by atoms with Crippen molar-refractivity contribution >= 4 is 16.0 Å². The summed E-state index contributed by atoms with van der Waals surface area (Å²) in [5.41, 5.74) is 5.54. The molecule has 0 bridgehead atoms. The third-order valence-corrected chi connectivity index (χ3v) is 3.86. The van der Waals surface area contributed by atoms with Crippen LogP contribution in [0.5, 0.6) is 0 Å². The van der Waals surface area contributed by atoms with Crippen LogP contribution >= 0.6 is 0 Å². The number of rotatable bonds is 6. The molecule has 0 aliphatic heterocycles. The molecule has 0 fully saturated rings. The maximum atomic E-state index is 11.4. The van der Waals surface area contributed by atoms with Gasteiger partial charge in [0, 0.05) is 20.6 Å². The van der Waals surface area contributed by atoms with Crippen molar-refractivity contribution in [2.75, 3.05) is 31.7 Å². The first-order valence-corrected chi connectivity index (χ1v) is 6.67. The van der Waals surface area contributed by atoms with Gasteiger partial charge in [0.2, 0.25) is 15.9 Å². The molecule has 0 aromatic carbocycles. The number of hydrogen-bond donors (Lipinski definition) is 2. The maximum absolute atomic E-state index is 11.4. The smallest absolute Gasteiger partial charge is 0.315 e. The van der Waals surface area contributed by atoms with Gasteiger partial charge in [-0.15, -0.1) is 5.10 Å². The summed E-state index contributed by atoms with van der Waals surface area (Å²) in [7, 11) is -0.257. The van der Waals surface area contributed by atoms with Gasteiger partial charge in [-0.1, -0.05) is 5.10 Å². The molecule has 0 aliphatic carbocycles. The van der Waals surface area contributed by atoms with E-state index >= 15 is 0 Å². The number of sulfonamides is 1. The fraction of sp³-hybridized carbons (Fsp3) is 0.750. The second-order valence-corrected chi connectivity index (χ2v) is 6.06. The largest absolute Gasteiger partial charge is 0.406 e. The Morgan fingerprint density at radius 3 is 2.59 bits per heavy atom. The molecule has 1 unspecified atom stereocenters. The van der Waals surface area contributed by atoms with Crippen molar-refractivity contribution in [1.82, 2.24) is 14.5 Å². The zero-order chi connectivity index (χ0) is 13.1. The van der Waals surface area contributed by atoms with Gasteiger partial charge in [-0.2, -0.15) is 0 Å². The van der Waals surface area contributed by atoms with Crippen molar-refractivity contribution in [3.63, 3.8) is 0 Å². The SMILES string of the molecule is CC(N)c1nnc(NCCS(=O)(=O)N(C)C)o1. The highest BCUT2D eigenvalue weighted by molar-refractivity contribution is 7.89. The molecule has 1 heterocycles. The first kappa shape index (κ1) is 13.9. The third-order valence-electron chi connectivity index (χ3n) is 2.02. The van der Waals surface area contributed by atoms with Crippen molar-refractivity contribution < 1.29 is 12.8 Å². The van der Waals surface area contributed by atoms with E-state index in [1.165, 1.54) is 14.1 Å². The van der Waals surface area contributed by atoms with Crippen molar-refractivity contribution in [3.05, 3.63) is 5.89 Å². The molecule has 17 heavy (non-hydrogen) atoms. The van der Waals surface area contributed by atoms with Crippen LogP contribution in [0.2, 0.25) is 0 Å². The van der Waals surface area contributed by atoms with Crippen molar-refractivity contribution in [2.24, 2.45) is 5.73 Å². The summed E-state index contributed by atoms with van der Waals surface area (Å²) in [5.74, 6) is 0.263. The van der Waals surface area contributed by atoms with Gasteiger partial charge >= 0.3 is 6.01 Å². The van der Waals surface area contributed by atoms with Crippen LogP contribution in [-0.4, -0.2) is 49.3 Å². The molecule has 0 radical (unpaired) electrons. The van der Waals surface area contributed by atoms with Crippen LogP contribution in [0.3, 0.4) is 0 Å². The van der Waals surface area contributed by atoms with E-state index in [0.29, 0.717) is 5.89 Å². The topological polar surface area (TPSA) is 114 Å². The summed E-state index contributed by atoms with van der Waals surface area (Å²) in [6, 6.07) is -0.171. The van der Waals surface area contributed by atoms with Crippen LogP contribution in [0.4, 0.5) is 6.01 Å². The van der Waals surface area contributed by atoms with Crippen LogP contribution in [-0.2, 0) is 10.0 Å². The predicted octanol–water partition coefficient (Wildman–Crippen LogP) is -0.607. The van der Waals surface area contributed by atoms with Gasteiger partial charge in [0.25, 0.3) is 0 Å². The van der Waals surface area contributed by atoms with Gasteiger partial charge in [0.15, 0.2) is 0 Å². The maximum Gasteiger partial charge on any atom is 0.315 e. The zero-order valence-corrected chi connectivity index (χ0v) is 10.9. The van der Waals surface area contributed by atoms with Gasteiger partial charge in [-0.3, -0.25) is 0 Å². The minimum absolute atomic E-state index is 0.0457. The standard InChI is InChI=1S/C8H17N5O3S/c1-6(9)7-11-12-8(16-7)10-4-5-17(14,15)13(2)3/h6H,4-5,9H2,1-3H3,(H,10,12). The molecule has 1 rings (SSSR count). The molecule has 0 amide bonds. The summed E-state index contributed by atoms with van der Waals surface area (Å²) in [5, 5.41) is 10.1. The van der Waals surface area contributed by atoms with Gasteiger partial charge in [0.05, 0.1) is 11.8 Å². The molecule has 9 heteroatoms. The molecule has 0 spiro atoms. The first-order valence-electron chi connectivity index (χ1n) is 5.06. The molecule has 0 saturated carbocycles. The zero-order valence-electron chi connectivity index (χ0n) is 10.0. The lowest BCUT2D eigenvalue weighted by atomic mass is 10.4. The van der Waals surface area contributed by atoms with Gasteiger partial charge in [0.1, 0.15) is 0 Å². The van der Waals surface area contributed by atoms with Gasteiger partial charge in [-0.25, -0.2) is 12.7 Å². The van der Waals surface area contributed by atoms with E-state index in [1.54, 1.807) is 6.92 Å². The Bertz CT molecular complexity index is 453. The summed E-state index contributed by atoms with van der Waals surface area (Å²) in [4.78, 5) is 0. The summed E-state index contributed by atoms with van der Waals surface area (Å²) >= 11 is 0. The molecule has 3 N–H and O–H groups in total. The number of nitrogens with two attached hydrogens (primary N) is 1. The van der Waals surface area contributed by atoms with E-state index < -0.39 is 10.0 Å².